The molecule has 0 aliphatic rings. The lowest BCUT2D eigenvalue weighted by Crippen LogP contribution is -2.15. The number of aryl methyl sites for hydroxylation is 1. The number of benzene rings is 1. The van der Waals surface area contributed by atoms with Crippen LogP contribution in [0.2, 0.25) is 0 Å². The quantitative estimate of drug-likeness (QED) is 0.528. The minimum absolute atomic E-state index is 0.292. The van der Waals surface area contributed by atoms with E-state index >= 15 is 0 Å². The lowest BCUT2D eigenvalue weighted by atomic mass is 10.2. The van der Waals surface area contributed by atoms with Gasteiger partial charge in [-0.25, -0.2) is 4.79 Å². The van der Waals surface area contributed by atoms with Gasteiger partial charge in [-0.3, -0.25) is 5.43 Å². The lowest BCUT2D eigenvalue weighted by molar-refractivity contribution is -0.135. The van der Waals surface area contributed by atoms with Gasteiger partial charge in [0.2, 0.25) is 0 Å². The van der Waals surface area contributed by atoms with Gasteiger partial charge in [-0.1, -0.05) is 12.1 Å². The number of nitrogens with zero attached hydrogens (tertiary/aromatic N) is 1. The van der Waals surface area contributed by atoms with Gasteiger partial charge in [0.05, 0.1) is 12.3 Å². The Morgan fingerprint density at radius 2 is 2.24 bits per heavy atom. The molecule has 1 rings (SSSR count). The van der Waals surface area contributed by atoms with Crippen LogP contribution in [0.25, 0.3) is 0 Å². The molecule has 1 aromatic carbocycles. The summed E-state index contributed by atoms with van der Waals surface area (Å²) in [6.45, 7) is 5.70. The standard InChI is InChI=1S/C12H15BrN2O2/c1-4-17-12(16)9(3)14-15-10-7-5-6-8(2)11(10)13/h5-7,15H,4H2,1-3H3/b14-9-. The van der Waals surface area contributed by atoms with Gasteiger partial charge >= 0.3 is 5.97 Å². The fraction of sp³-hybridized carbons (Fsp3) is 0.333. The van der Waals surface area contributed by atoms with Gasteiger partial charge in [0.1, 0.15) is 5.71 Å². The van der Waals surface area contributed by atoms with Crippen molar-refractivity contribution in [1.82, 2.24) is 0 Å². The maximum atomic E-state index is 11.3. The van der Waals surface area contributed by atoms with E-state index in [0.717, 1.165) is 15.7 Å². The second-order valence-corrected chi connectivity index (χ2v) is 4.26. The zero-order valence-electron chi connectivity index (χ0n) is 10.1. The Labute approximate surface area is 109 Å². The average Bonchev–Trinajstić information content (AvgIpc) is 2.31. The fourth-order valence-electron chi connectivity index (χ4n) is 1.16. The van der Waals surface area contributed by atoms with E-state index in [2.05, 4.69) is 26.5 Å². The number of carbonyl (C=O) groups is 1. The summed E-state index contributed by atoms with van der Waals surface area (Å²) in [7, 11) is 0. The predicted octanol–water partition coefficient (Wildman–Crippen LogP) is 3.11. The molecule has 0 saturated carbocycles. The summed E-state index contributed by atoms with van der Waals surface area (Å²) in [6, 6.07) is 5.77. The molecule has 0 aliphatic carbocycles. The Morgan fingerprint density at radius 3 is 2.88 bits per heavy atom. The van der Waals surface area contributed by atoms with E-state index in [1.165, 1.54) is 0 Å². The Bertz CT molecular complexity index is 444. The number of carbonyl (C=O) groups excluding carboxylic acids is 1. The fourth-order valence-corrected chi connectivity index (χ4v) is 1.51. The first kappa shape index (κ1) is 13.7. The molecule has 0 unspecified atom stereocenters. The first-order valence-electron chi connectivity index (χ1n) is 5.28. The van der Waals surface area contributed by atoms with E-state index in [9.17, 15) is 4.79 Å². The number of hydrogen-bond acceptors (Lipinski definition) is 4. The Morgan fingerprint density at radius 1 is 1.53 bits per heavy atom. The van der Waals surface area contributed by atoms with E-state index in [-0.39, 0.29) is 0 Å². The van der Waals surface area contributed by atoms with Gasteiger partial charge in [0.15, 0.2) is 0 Å². The van der Waals surface area contributed by atoms with Crippen molar-refractivity contribution in [2.45, 2.75) is 20.8 Å². The zero-order valence-corrected chi connectivity index (χ0v) is 11.7. The molecule has 0 heterocycles. The van der Waals surface area contributed by atoms with Crippen molar-refractivity contribution >= 4 is 33.3 Å². The van der Waals surface area contributed by atoms with Crippen LogP contribution in [0, 0.1) is 6.92 Å². The predicted molar refractivity (Wildman–Crippen MR) is 72.2 cm³/mol. The number of hydrogen-bond donors (Lipinski definition) is 1. The zero-order chi connectivity index (χ0) is 12.8. The second kappa shape index (κ2) is 6.39. The van der Waals surface area contributed by atoms with E-state index in [1.807, 2.05) is 25.1 Å². The molecule has 0 aliphatic heterocycles. The molecule has 0 atom stereocenters. The summed E-state index contributed by atoms with van der Waals surface area (Å²) in [6.07, 6.45) is 0. The van der Waals surface area contributed by atoms with E-state index < -0.39 is 5.97 Å². The van der Waals surface area contributed by atoms with Gasteiger partial charge < -0.3 is 4.74 Å². The van der Waals surface area contributed by atoms with Crippen molar-refractivity contribution in [2.75, 3.05) is 12.0 Å². The normalized spacial score (nSPS) is 11.2. The molecule has 0 amide bonds. The van der Waals surface area contributed by atoms with Gasteiger partial charge in [0.25, 0.3) is 0 Å². The molecule has 0 fully saturated rings. The lowest BCUT2D eigenvalue weighted by Gasteiger charge is -2.07. The Balaban J connectivity index is 2.75. The van der Waals surface area contributed by atoms with Crippen LogP contribution in [0.5, 0.6) is 0 Å². The maximum Gasteiger partial charge on any atom is 0.354 e. The summed E-state index contributed by atoms with van der Waals surface area (Å²) in [5.41, 5.74) is 5.03. The molecular weight excluding hydrogens is 284 g/mol. The van der Waals surface area contributed by atoms with Crippen molar-refractivity contribution in [1.29, 1.82) is 0 Å². The van der Waals surface area contributed by atoms with Crippen LogP contribution in [0.15, 0.2) is 27.8 Å². The smallest absolute Gasteiger partial charge is 0.354 e. The third-order valence-corrected chi connectivity index (χ3v) is 3.16. The van der Waals surface area contributed by atoms with Crippen LogP contribution in [-0.4, -0.2) is 18.3 Å². The van der Waals surface area contributed by atoms with Crippen LogP contribution in [0.4, 0.5) is 5.69 Å². The van der Waals surface area contributed by atoms with Crippen LogP contribution >= 0.6 is 15.9 Å². The number of esters is 1. The topological polar surface area (TPSA) is 50.7 Å². The number of ether oxygens (including phenoxy) is 1. The maximum absolute atomic E-state index is 11.3. The van der Waals surface area contributed by atoms with E-state index in [4.69, 9.17) is 4.74 Å². The molecule has 0 bridgehead atoms. The van der Waals surface area contributed by atoms with Gasteiger partial charge in [-0.05, 0) is 48.3 Å². The molecule has 0 spiro atoms. The molecule has 4 nitrogen and oxygen atoms in total. The van der Waals surface area contributed by atoms with Crippen molar-refractivity contribution in [3.63, 3.8) is 0 Å². The number of hydrazone groups is 1. The Hall–Kier alpha value is -1.36. The highest BCUT2D eigenvalue weighted by Gasteiger charge is 2.07. The summed E-state index contributed by atoms with van der Waals surface area (Å²) in [4.78, 5) is 11.3. The highest BCUT2D eigenvalue weighted by atomic mass is 79.9. The van der Waals surface area contributed by atoms with Crippen molar-refractivity contribution in [3.8, 4) is 0 Å². The third-order valence-electron chi connectivity index (χ3n) is 2.11. The van der Waals surface area contributed by atoms with Gasteiger partial charge in [0, 0.05) is 4.47 Å². The SMILES string of the molecule is CCOC(=O)/C(C)=N\Nc1cccc(C)c1Br. The summed E-state index contributed by atoms with van der Waals surface area (Å²) < 4.78 is 5.76. The van der Waals surface area contributed by atoms with Crippen LogP contribution in [-0.2, 0) is 9.53 Å². The number of anilines is 1. The first-order chi connectivity index (χ1) is 8.06. The average molecular weight is 299 g/mol. The summed E-state index contributed by atoms with van der Waals surface area (Å²) in [5, 5.41) is 3.98. The highest BCUT2D eigenvalue weighted by Crippen LogP contribution is 2.25. The van der Waals surface area contributed by atoms with Crippen molar-refractivity contribution in [2.24, 2.45) is 5.10 Å². The molecular formula is C12H15BrN2O2. The van der Waals surface area contributed by atoms with Gasteiger partial charge in [-0.15, -0.1) is 0 Å². The minimum atomic E-state index is -0.413. The monoisotopic (exact) mass is 298 g/mol. The van der Waals surface area contributed by atoms with Crippen molar-refractivity contribution in [3.05, 3.63) is 28.2 Å². The van der Waals surface area contributed by atoms with Crippen LogP contribution in [0.3, 0.4) is 0 Å². The number of rotatable bonds is 4. The molecule has 17 heavy (non-hydrogen) atoms. The molecule has 0 saturated heterocycles. The van der Waals surface area contributed by atoms with Gasteiger partial charge in [-0.2, -0.15) is 5.10 Å². The number of halogens is 1. The molecule has 0 aromatic heterocycles. The third kappa shape index (κ3) is 3.85. The van der Waals surface area contributed by atoms with Crippen LogP contribution < -0.4 is 5.43 Å². The number of nitrogens with one attached hydrogen (secondary N) is 1. The van der Waals surface area contributed by atoms with Crippen LogP contribution in [0.1, 0.15) is 19.4 Å². The highest BCUT2D eigenvalue weighted by molar-refractivity contribution is 9.10. The second-order valence-electron chi connectivity index (χ2n) is 3.47. The largest absolute Gasteiger partial charge is 0.461 e. The van der Waals surface area contributed by atoms with E-state index in [0.29, 0.717) is 12.3 Å². The first-order valence-corrected chi connectivity index (χ1v) is 6.08. The minimum Gasteiger partial charge on any atom is -0.461 e. The summed E-state index contributed by atoms with van der Waals surface area (Å²) in [5.74, 6) is -0.413. The summed E-state index contributed by atoms with van der Waals surface area (Å²) >= 11 is 3.45. The molecule has 92 valence electrons. The van der Waals surface area contributed by atoms with Crippen molar-refractivity contribution < 1.29 is 9.53 Å². The molecule has 1 aromatic rings. The molecule has 5 heteroatoms. The Kier molecular flexibility index (Phi) is 5.15. The van der Waals surface area contributed by atoms with E-state index in [1.54, 1.807) is 13.8 Å². The molecule has 1 N–H and O–H groups in total. The molecule has 0 radical (unpaired) electrons.